The topological polar surface area (TPSA) is 192 Å². The van der Waals surface area contributed by atoms with E-state index in [0.29, 0.717) is 12.8 Å². The van der Waals surface area contributed by atoms with Gasteiger partial charge in [0.1, 0.15) is 0 Å². The van der Waals surface area contributed by atoms with Gasteiger partial charge in [-0.3, -0.25) is 29.9 Å². The first-order valence-electron chi connectivity index (χ1n) is 33.4. The molecule has 15 rings (SSSR count). The van der Waals surface area contributed by atoms with Crippen LogP contribution in [0.1, 0.15) is 12.8 Å². The van der Waals surface area contributed by atoms with Crippen molar-refractivity contribution in [2.75, 3.05) is 11.5 Å². The van der Waals surface area contributed by atoms with Crippen LogP contribution in [0, 0.1) is 0 Å². The third-order valence-corrected chi connectivity index (χ3v) is 22.3. The minimum absolute atomic E-state index is 0. The van der Waals surface area contributed by atoms with Gasteiger partial charge in [-0.15, -0.1) is 0 Å². The van der Waals surface area contributed by atoms with Crippen molar-refractivity contribution in [1.29, 1.82) is 0 Å². The van der Waals surface area contributed by atoms with Gasteiger partial charge in [-0.1, -0.05) is 270 Å². The van der Waals surface area contributed by atoms with E-state index in [1.54, 1.807) is 0 Å². The van der Waals surface area contributed by atoms with Crippen LogP contribution in [-0.2, 0) is 39.7 Å². The molecule has 17 heteroatoms. The zero-order chi connectivity index (χ0) is 70.3. The smallest absolute Gasteiger partial charge is 0.748 e. The summed E-state index contributed by atoms with van der Waals surface area (Å²) in [5.41, 5.74) is 19.9. The van der Waals surface area contributed by atoms with E-state index in [4.69, 9.17) is 0 Å². The second-order valence-electron chi connectivity index (χ2n) is 26.8. The third kappa shape index (κ3) is 19.7. The summed E-state index contributed by atoms with van der Waals surface area (Å²) >= 11 is 0. The molecule has 12 nitrogen and oxygen atoms in total. The van der Waals surface area contributed by atoms with Crippen LogP contribution in [0.2, 0.25) is 51.4 Å². The number of pyridine rings is 6. The molecule has 0 aliphatic heterocycles. The molecule has 0 aliphatic carbocycles. The summed E-state index contributed by atoms with van der Waals surface area (Å²) in [5.74, 6) is -0.394. The molecule has 0 saturated carbocycles. The molecule has 0 bridgehead atoms. The molecule has 0 radical (unpaired) electrons. The van der Waals surface area contributed by atoms with Gasteiger partial charge in [0.2, 0.25) is 0 Å². The van der Waals surface area contributed by atoms with Gasteiger partial charge in [-0.2, -0.15) is 0 Å². The van der Waals surface area contributed by atoms with Gasteiger partial charge in [0, 0.05) is 97.2 Å². The molecule has 0 atom stereocenters. The van der Waals surface area contributed by atoms with Gasteiger partial charge in [0.25, 0.3) is 0 Å². The Kier molecular flexibility index (Phi) is 24.7. The molecule has 6 heterocycles. The quantitative estimate of drug-likeness (QED) is 0.0569. The minimum atomic E-state index is -3.97. The average molecular weight is 1490 g/mol. The monoisotopic (exact) mass is 1490 g/mol. The van der Waals surface area contributed by atoms with Crippen molar-refractivity contribution < 1.29 is 45.4 Å². The molecule has 0 fully saturated rings. The fraction of sp³-hybridized carbons (Fsp3) is 0.143. The van der Waals surface area contributed by atoms with E-state index in [0.717, 1.165) is 77.5 Å². The molecule has 0 spiro atoms. The largest absolute Gasteiger partial charge is 2.00 e. The second-order valence-corrected chi connectivity index (χ2v) is 41.1. The maximum absolute atomic E-state index is 10.2. The zero-order valence-corrected chi connectivity index (χ0v) is 62.6. The van der Waals surface area contributed by atoms with Crippen molar-refractivity contribution in [3.8, 4) is 66.8 Å². The summed E-state index contributed by atoms with van der Waals surface area (Å²) in [4.78, 5) is 28.0. The summed E-state index contributed by atoms with van der Waals surface area (Å²) in [6.45, 7) is 12.9. The minimum Gasteiger partial charge on any atom is -0.748 e. The summed E-state index contributed by atoms with van der Waals surface area (Å²) < 4.78 is 61.1. The summed E-state index contributed by atoms with van der Waals surface area (Å²) in [5, 5.41) is 6.77. The first kappa shape index (κ1) is 74.0. The molecule has 9 aromatic carbocycles. The summed E-state index contributed by atoms with van der Waals surface area (Å²) in [6, 6.07) is 89.8. The molecular weight excluding hydrogens is 1410 g/mol. The summed E-state index contributed by atoms with van der Waals surface area (Å²) in [7, 11) is -10.3. The molecule has 15 aromatic rings. The Labute approximate surface area is 607 Å². The van der Waals surface area contributed by atoms with Crippen LogP contribution in [0.15, 0.2) is 292 Å². The summed E-state index contributed by atoms with van der Waals surface area (Å²) in [6.07, 6.45) is 12.3. The van der Waals surface area contributed by atoms with Crippen LogP contribution in [0.5, 0.6) is 0 Å². The Balaban J connectivity index is 0.000000142. The van der Waals surface area contributed by atoms with Crippen molar-refractivity contribution in [1.82, 2.24) is 29.9 Å². The zero-order valence-electron chi connectivity index (χ0n) is 57.3. The van der Waals surface area contributed by atoms with Gasteiger partial charge in [0.15, 0.2) is 0 Å². The van der Waals surface area contributed by atoms with E-state index in [-0.39, 0.29) is 31.0 Å². The maximum atomic E-state index is 10.2. The van der Waals surface area contributed by atoms with Crippen molar-refractivity contribution in [3.05, 3.63) is 292 Å². The molecule has 508 valence electrons. The van der Waals surface area contributed by atoms with Crippen LogP contribution < -0.4 is 0 Å². The van der Waals surface area contributed by atoms with Crippen molar-refractivity contribution in [2.45, 2.75) is 64.2 Å². The normalized spacial score (nSPS) is 11.5. The van der Waals surface area contributed by atoms with E-state index >= 15 is 0 Å². The molecular formula is C84H78N6O6RuS2Si2. The third-order valence-electron chi connectivity index (χ3n) is 17.0. The number of rotatable bonds is 14. The number of aromatic nitrogens is 6. The molecule has 0 amide bonds. The Hall–Kier alpha value is -9.68. The van der Waals surface area contributed by atoms with Crippen LogP contribution in [-0.4, -0.2) is 83.5 Å². The van der Waals surface area contributed by atoms with Crippen LogP contribution in [0.3, 0.4) is 0 Å². The van der Waals surface area contributed by atoms with Gasteiger partial charge in [0.05, 0.1) is 53.3 Å². The van der Waals surface area contributed by atoms with Gasteiger partial charge < -0.3 is 9.11 Å². The molecule has 0 N–H and O–H groups in total. The van der Waals surface area contributed by atoms with E-state index in [9.17, 15) is 25.9 Å². The first-order valence-corrected chi connectivity index (χ1v) is 43.9. The fourth-order valence-electron chi connectivity index (χ4n) is 12.3. The number of benzene rings is 9. The molecule has 6 aromatic heterocycles. The number of hydrogen-bond donors (Lipinski definition) is 0. The molecule has 0 unspecified atom stereocenters. The van der Waals surface area contributed by atoms with E-state index in [2.05, 4.69) is 288 Å². The molecule has 101 heavy (non-hydrogen) atoms. The number of hydrogen-bond acceptors (Lipinski definition) is 12. The Morgan fingerprint density at radius 2 is 0.416 bits per heavy atom. The van der Waals surface area contributed by atoms with Gasteiger partial charge in [-0.25, -0.2) is 16.8 Å². The Morgan fingerprint density at radius 1 is 0.257 bits per heavy atom. The average Bonchev–Trinajstić information content (AvgIpc) is 0.772. The Bertz CT molecular complexity index is 4700. The molecule has 0 aliphatic rings. The van der Waals surface area contributed by atoms with E-state index < -0.39 is 36.4 Å². The van der Waals surface area contributed by atoms with Crippen molar-refractivity contribution in [3.63, 3.8) is 0 Å². The van der Waals surface area contributed by atoms with Gasteiger partial charge >= 0.3 is 19.5 Å². The Morgan fingerprint density at radius 3 is 0.554 bits per heavy atom. The SMILES string of the molecule is C[Si](C)(C)CCCS(=O)(=O)[O-].C[Si](C)(C)CCCS(=O)(=O)[O-].[Ru+2].c1ccc(-c2ccnc3c2ccc2c(-c4ccccc4)ccnc23)cc1.c1ccc(-c2ccnc3c2ccc2c(-c4ccccc4)ccnc23)cc1.c1ccc(-c2ccnc3c2ccc2c(-c4ccccc4)ccnc23)cc1. The van der Waals surface area contributed by atoms with Crippen molar-refractivity contribution >= 4 is 102 Å². The van der Waals surface area contributed by atoms with E-state index in [1.165, 1.54) is 66.8 Å². The number of fused-ring (bicyclic) bond motifs is 9. The fourth-order valence-corrected chi connectivity index (χ4v) is 16.2. The number of nitrogens with zero attached hydrogens (tertiary/aromatic N) is 6. The van der Waals surface area contributed by atoms with Crippen LogP contribution in [0.25, 0.3) is 132 Å². The molecule has 0 saturated heterocycles. The predicted molar refractivity (Wildman–Crippen MR) is 418 cm³/mol. The van der Waals surface area contributed by atoms with Crippen LogP contribution >= 0.6 is 0 Å². The standard InChI is InChI=1S/3C24H16N2.2C6H16O3SSi.Ru/c3*1-3-7-17(8-4-1)19-13-15-25-23-21(19)11-12-22-20(14-16-26-24(22)23)18-9-5-2-6-10-18;2*1-11(2,3)6-4-5-10(7,8)9;/h3*1-16H;2*4-6H2,1-3H3,(H,7,8,9);/q;;;;;+2/p-2. The van der Waals surface area contributed by atoms with Crippen molar-refractivity contribution in [2.24, 2.45) is 0 Å². The van der Waals surface area contributed by atoms with Gasteiger partial charge in [-0.05, 0) is 116 Å². The predicted octanol–water partition coefficient (Wildman–Crippen LogP) is 20.9. The maximum Gasteiger partial charge on any atom is 2.00 e. The van der Waals surface area contributed by atoms with E-state index in [1.807, 2.05) is 73.6 Å². The first-order chi connectivity index (χ1) is 48.2. The van der Waals surface area contributed by atoms with Crippen LogP contribution in [0.4, 0.5) is 0 Å². The second kappa shape index (κ2) is 33.7.